The molecular weight excluding hydrogens is 826 g/mol. The summed E-state index contributed by atoms with van der Waals surface area (Å²) in [5.74, 6) is 0.624. The van der Waals surface area contributed by atoms with E-state index in [1.165, 1.54) is 54.2 Å². The molecule has 0 bridgehead atoms. The first-order valence-corrected chi connectivity index (χ1v) is 23.4. The number of aliphatic hydroxyl groups excluding tert-OH is 1. The van der Waals surface area contributed by atoms with E-state index in [9.17, 15) is 19.2 Å². The number of amides is 1. The molecule has 1 atom stereocenters. The van der Waals surface area contributed by atoms with Crippen molar-refractivity contribution in [3.63, 3.8) is 0 Å². The van der Waals surface area contributed by atoms with Crippen molar-refractivity contribution in [3.8, 4) is 0 Å². The number of aldehydes is 1. The maximum Gasteiger partial charge on any atom is 0.329 e. The van der Waals surface area contributed by atoms with Gasteiger partial charge in [-0.25, -0.2) is 9.78 Å². The minimum Gasteiger partial charge on any atom is -0.395 e. The molecule has 1 unspecified atom stereocenters. The van der Waals surface area contributed by atoms with Crippen molar-refractivity contribution in [2.45, 2.75) is 119 Å². The highest BCUT2D eigenvalue weighted by Gasteiger charge is 2.27. The van der Waals surface area contributed by atoms with Gasteiger partial charge in [0.05, 0.1) is 17.6 Å². The molecule has 3 fully saturated rings. The summed E-state index contributed by atoms with van der Waals surface area (Å²) in [5.41, 5.74) is 5.01. The van der Waals surface area contributed by atoms with Gasteiger partial charge in [0.25, 0.3) is 5.56 Å². The summed E-state index contributed by atoms with van der Waals surface area (Å²) < 4.78 is 8.49. The number of likely N-dealkylation sites (N-methyl/N-ethyl adjacent to an activating group) is 1. The van der Waals surface area contributed by atoms with Gasteiger partial charge in [-0.1, -0.05) is 49.8 Å². The quantitative estimate of drug-likeness (QED) is 0.0652. The molecule has 5 aromatic rings. The van der Waals surface area contributed by atoms with E-state index in [4.69, 9.17) is 21.7 Å². The van der Waals surface area contributed by atoms with Crippen LogP contribution >= 0.6 is 23.5 Å². The van der Waals surface area contributed by atoms with E-state index in [1.54, 1.807) is 40.4 Å². The number of likely N-dealkylation sites (tertiary alicyclic amines) is 1. The average molecular weight is 887 g/mol. The molecule has 16 heteroatoms. The van der Waals surface area contributed by atoms with E-state index in [0.717, 1.165) is 80.1 Å². The van der Waals surface area contributed by atoms with Crippen molar-refractivity contribution in [3.05, 3.63) is 85.6 Å². The number of fused-ring (bicyclic) bond motifs is 2. The van der Waals surface area contributed by atoms with Crippen molar-refractivity contribution >= 4 is 69.4 Å². The van der Waals surface area contributed by atoms with Gasteiger partial charge in [-0.2, -0.15) is 4.98 Å². The van der Waals surface area contributed by atoms with Crippen molar-refractivity contribution in [1.29, 1.82) is 0 Å². The number of carbonyl (C=O) groups is 2. The number of aliphatic hydroxyl groups is 1. The molecule has 3 aromatic heterocycles. The smallest absolute Gasteiger partial charge is 0.329 e. The van der Waals surface area contributed by atoms with Gasteiger partial charge in [0.2, 0.25) is 11.9 Å². The standard InChI is InChI=1S/C25H30ClN5OS.C21H30N4O4/c1-16-13-20(33-30-18-7-3-2-4-8-18)11-12-22(16)28-25-27-15-17-14-21(26)24(32)31(23(17)29-25)19-9-5-6-10-19;1-22-20(28)18(4-3-12-26)25-17-6-5-16(14-19(17)23(2)21(25)29)15-7-9-24(10-8-15)11-13-27/h11-15,18-19,30H,2-10H2,1H3,(H,27,28,29);5-6,12,14-15,18,27H,3-4,7-11,13H2,1-2H3,(H,22,28). The van der Waals surface area contributed by atoms with Gasteiger partial charge in [0.1, 0.15) is 23.0 Å². The number of piperidine rings is 1. The third kappa shape index (κ3) is 10.5. The highest BCUT2D eigenvalue weighted by molar-refractivity contribution is 7.97. The number of pyridine rings is 1. The molecular formula is C46H60ClN9O5S. The second-order valence-corrected chi connectivity index (χ2v) is 18.2. The number of β-amino-alcohol motifs (C(OH)–C–C–N with tert-alkyl or cyclic N) is 1. The first-order chi connectivity index (χ1) is 30.1. The maximum absolute atomic E-state index is 12.9. The second-order valence-electron chi connectivity index (χ2n) is 16.9. The summed E-state index contributed by atoms with van der Waals surface area (Å²) >= 11 is 7.96. The Kier molecular flexibility index (Phi) is 15.6. The van der Waals surface area contributed by atoms with Gasteiger partial charge in [-0.3, -0.25) is 28.0 Å². The maximum atomic E-state index is 12.9. The number of anilines is 2. The van der Waals surface area contributed by atoms with Crippen LogP contribution in [-0.4, -0.2) is 85.2 Å². The summed E-state index contributed by atoms with van der Waals surface area (Å²) in [4.78, 5) is 61.7. The first kappa shape index (κ1) is 45.5. The van der Waals surface area contributed by atoms with Gasteiger partial charge >= 0.3 is 5.69 Å². The number of carbonyl (C=O) groups excluding carboxylic acids is 2. The van der Waals surface area contributed by atoms with E-state index >= 15 is 0 Å². The molecule has 332 valence electrons. The first-order valence-electron chi connectivity index (χ1n) is 22.2. The van der Waals surface area contributed by atoms with Gasteiger partial charge in [0.15, 0.2) is 0 Å². The molecule has 2 aliphatic carbocycles. The minimum atomic E-state index is -0.714. The molecule has 2 aromatic carbocycles. The number of hydrogen-bond donors (Lipinski definition) is 4. The third-order valence-corrected chi connectivity index (χ3v) is 14.0. The molecule has 62 heavy (non-hydrogen) atoms. The molecule has 1 aliphatic heterocycles. The van der Waals surface area contributed by atoms with E-state index in [0.29, 0.717) is 35.6 Å². The summed E-state index contributed by atoms with van der Waals surface area (Å²) in [6.45, 7) is 4.89. The molecule has 1 saturated heterocycles. The lowest BCUT2D eigenvalue weighted by Gasteiger charge is -2.31. The predicted octanol–water partition coefficient (Wildman–Crippen LogP) is 7.32. The molecule has 1 amide bonds. The van der Waals surface area contributed by atoms with E-state index in [-0.39, 0.29) is 47.7 Å². The Hall–Kier alpha value is -4.54. The fourth-order valence-electron chi connectivity index (χ4n) is 9.32. The Morgan fingerprint density at radius 3 is 2.42 bits per heavy atom. The molecule has 2 saturated carbocycles. The van der Waals surface area contributed by atoms with Crippen LogP contribution in [0, 0.1) is 6.92 Å². The van der Waals surface area contributed by atoms with Gasteiger partial charge in [0, 0.05) is 61.3 Å². The number of benzene rings is 2. The summed E-state index contributed by atoms with van der Waals surface area (Å²) in [6, 6.07) is 14.1. The molecule has 0 spiro atoms. The number of nitrogens with one attached hydrogen (secondary N) is 3. The molecule has 4 heterocycles. The van der Waals surface area contributed by atoms with Crippen molar-refractivity contribution < 1.29 is 14.7 Å². The van der Waals surface area contributed by atoms with Crippen LogP contribution in [0.15, 0.2) is 63.1 Å². The van der Waals surface area contributed by atoms with E-state index in [2.05, 4.69) is 56.4 Å². The van der Waals surface area contributed by atoms with Crippen LogP contribution in [0.4, 0.5) is 11.6 Å². The average Bonchev–Trinajstić information content (AvgIpc) is 3.91. The van der Waals surface area contributed by atoms with Crippen LogP contribution in [0.1, 0.15) is 113 Å². The summed E-state index contributed by atoms with van der Waals surface area (Å²) in [5, 5.41) is 16.1. The van der Waals surface area contributed by atoms with Crippen LogP contribution < -0.4 is 26.6 Å². The van der Waals surface area contributed by atoms with Gasteiger partial charge < -0.3 is 25.4 Å². The lowest BCUT2D eigenvalue weighted by Crippen LogP contribution is -2.36. The molecule has 4 N–H and O–H groups in total. The van der Waals surface area contributed by atoms with Crippen molar-refractivity contribution in [2.24, 2.45) is 7.05 Å². The number of imidazole rings is 1. The number of aromatic nitrogens is 5. The molecule has 3 aliphatic rings. The normalized spacial score (nSPS) is 17.2. The summed E-state index contributed by atoms with van der Waals surface area (Å²) in [7, 11) is 3.25. The second kappa shape index (κ2) is 21.2. The number of halogens is 1. The Bertz CT molecular complexity index is 2470. The number of rotatable bonds is 14. The molecule has 14 nitrogen and oxygen atoms in total. The number of aryl methyl sites for hydroxylation is 2. The van der Waals surface area contributed by atoms with E-state index < -0.39 is 6.04 Å². The van der Waals surface area contributed by atoms with Crippen LogP contribution in [0.25, 0.3) is 22.1 Å². The molecule has 0 radical (unpaired) electrons. The Morgan fingerprint density at radius 1 is 0.984 bits per heavy atom. The van der Waals surface area contributed by atoms with Crippen LogP contribution in [-0.2, 0) is 16.6 Å². The lowest BCUT2D eigenvalue weighted by atomic mass is 9.89. The third-order valence-electron chi connectivity index (χ3n) is 12.8. The SMILES string of the molecule is CNC(=O)C(CCC=O)n1c(=O)n(C)c2cc(C3CCN(CCO)CC3)ccc21.Cc1cc(SNC2CCCCC2)ccc1Nc1ncc2cc(Cl)c(=O)n(C3CCCC3)c2n1. The summed E-state index contributed by atoms with van der Waals surface area (Å²) in [6.07, 6.45) is 15.8. The fraction of sp³-hybridized carbons (Fsp3) is 0.522. The Labute approximate surface area is 372 Å². The number of hydrogen-bond acceptors (Lipinski definition) is 11. The molecule has 8 rings (SSSR count). The van der Waals surface area contributed by atoms with Crippen LogP contribution in [0.3, 0.4) is 0 Å². The van der Waals surface area contributed by atoms with Crippen molar-refractivity contribution in [2.75, 3.05) is 38.6 Å². The Balaban J connectivity index is 0.000000188. The zero-order valence-corrected chi connectivity index (χ0v) is 37.6. The zero-order valence-electron chi connectivity index (χ0n) is 36.1. The minimum absolute atomic E-state index is 0.149. The van der Waals surface area contributed by atoms with Crippen LogP contribution in [0.5, 0.6) is 0 Å². The van der Waals surface area contributed by atoms with E-state index in [1.807, 2.05) is 12.1 Å². The number of nitrogens with zero attached hydrogens (tertiary/aromatic N) is 6. The topological polar surface area (TPSA) is 168 Å². The van der Waals surface area contributed by atoms with Crippen LogP contribution in [0.2, 0.25) is 5.02 Å². The van der Waals surface area contributed by atoms with Crippen molar-refractivity contribution in [1.82, 2.24) is 38.6 Å². The van der Waals surface area contributed by atoms with Gasteiger partial charge in [-0.05, 0) is 130 Å². The predicted molar refractivity (Wildman–Crippen MR) is 248 cm³/mol. The zero-order chi connectivity index (χ0) is 43.8. The highest BCUT2D eigenvalue weighted by atomic mass is 35.5. The largest absolute Gasteiger partial charge is 0.395 e. The monoisotopic (exact) mass is 885 g/mol. The fourth-order valence-corrected chi connectivity index (χ4v) is 10.4. The highest BCUT2D eigenvalue weighted by Crippen LogP contribution is 2.33. The lowest BCUT2D eigenvalue weighted by molar-refractivity contribution is -0.124. The van der Waals surface area contributed by atoms with Gasteiger partial charge in [-0.15, -0.1) is 0 Å². The Morgan fingerprint density at radius 2 is 1.73 bits per heavy atom.